The molecule has 31 heavy (non-hydrogen) atoms. The minimum Gasteiger partial charge on any atom is -0.416 e. The van der Waals surface area contributed by atoms with E-state index in [9.17, 15) is 14.9 Å². The molecule has 0 aliphatic carbocycles. The van der Waals surface area contributed by atoms with Crippen LogP contribution >= 0.6 is 23.1 Å². The molecule has 0 radical (unpaired) electrons. The summed E-state index contributed by atoms with van der Waals surface area (Å²) in [6, 6.07) is 15.9. The molecule has 1 amide bonds. The molecule has 0 bridgehead atoms. The number of carbonyl (C=O) groups excluding carboxylic acids is 1. The highest BCUT2D eigenvalue weighted by Gasteiger charge is 2.13. The fraction of sp³-hybridized carbons (Fsp3) is 0.100. The number of rotatable bonds is 8. The fourth-order valence-corrected chi connectivity index (χ4v) is 3.96. The van der Waals surface area contributed by atoms with Crippen LogP contribution in [0.5, 0.6) is 0 Å². The Labute approximate surface area is 184 Å². The average Bonchev–Trinajstić information content (AvgIpc) is 3.43. The molecule has 0 spiro atoms. The van der Waals surface area contributed by atoms with Crippen molar-refractivity contribution in [3.63, 3.8) is 0 Å². The van der Waals surface area contributed by atoms with Gasteiger partial charge < -0.3 is 9.73 Å². The standard InChI is InChI=1S/C20H15N5O4S2/c26-17(12-31-20-24-23-18(29-20)10-13-4-2-1-3-5-13)22-19-21-16(11-30-19)14-6-8-15(9-7-14)25(27)28/h1-9,11H,10,12H2,(H,21,22,26). The van der Waals surface area contributed by atoms with Gasteiger partial charge in [-0.3, -0.25) is 14.9 Å². The number of hydrogen-bond donors (Lipinski definition) is 1. The maximum atomic E-state index is 12.2. The summed E-state index contributed by atoms with van der Waals surface area (Å²) in [5, 5.41) is 24.0. The topological polar surface area (TPSA) is 124 Å². The summed E-state index contributed by atoms with van der Waals surface area (Å²) in [4.78, 5) is 26.9. The molecule has 11 heteroatoms. The van der Waals surface area contributed by atoms with Crippen molar-refractivity contribution >= 4 is 39.8 Å². The van der Waals surface area contributed by atoms with E-state index in [1.54, 1.807) is 17.5 Å². The Bertz CT molecular complexity index is 1190. The monoisotopic (exact) mass is 453 g/mol. The maximum absolute atomic E-state index is 12.2. The highest BCUT2D eigenvalue weighted by molar-refractivity contribution is 7.99. The van der Waals surface area contributed by atoms with E-state index < -0.39 is 4.92 Å². The van der Waals surface area contributed by atoms with Gasteiger partial charge in [0.15, 0.2) is 5.13 Å². The number of anilines is 1. The van der Waals surface area contributed by atoms with E-state index in [4.69, 9.17) is 4.42 Å². The van der Waals surface area contributed by atoms with Crippen molar-refractivity contribution in [1.82, 2.24) is 15.2 Å². The molecule has 0 unspecified atom stereocenters. The van der Waals surface area contributed by atoms with Crippen LogP contribution in [0.15, 0.2) is 69.6 Å². The summed E-state index contributed by atoms with van der Waals surface area (Å²) >= 11 is 2.42. The van der Waals surface area contributed by atoms with Gasteiger partial charge in [0.25, 0.3) is 10.9 Å². The average molecular weight is 454 g/mol. The lowest BCUT2D eigenvalue weighted by atomic mass is 10.1. The van der Waals surface area contributed by atoms with Crippen LogP contribution < -0.4 is 5.32 Å². The van der Waals surface area contributed by atoms with E-state index in [2.05, 4.69) is 20.5 Å². The van der Waals surface area contributed by atoms with E-state index in [0.717, 1.165) is 22.9 Å². The van der Waals surface area contributed by atoms with E-state index >= 15 is 0 Å². The molecule has 2 aromatic heterocycles. The maximum Gasteiger partial charge on any atom is 0.277 e. The molecule has 2 heterocycles. The summed E-state index contributed by atoms with van der Waals surface area (Å²) in [5.41, 5.74) is 2.43. The van der Waals surface area contributed by atoms with Crippen molar-refractivity contribution in [2.24, 2.45) is 0 Å². The number of hydrogen-bond acceptors (Lipinski definition) is 9. The molecule has 0 aliphatic heterocycles. The lowest BCUT2D eigenvalue weighted by Gasteiger charge is -1.99. The lowest BCUT2D eigenvalue weighted by Crippen LogP contribution is -2.13. The van der Waals surface area contributed by atoms with Gasteiger partial charge in [-0.05, 0) is 17.7 Å². The highest BCUT2D eigenvalue weighted by atomic mass is 32.2. The Morgan fingerprint density at radius 2 is 1.90 bits per heavy atom. The van der Waals surface area contributed by atoms with Crippen molar-refractivity contribution in [3.8, 4) is 11.3 Å². The van der Waals surface area contributed by atoms with Gasteiger partial charge in [0, 0.05) is 23.1 Å². The van der Waals surface area contributed by atoms with Crippen LogP contribution in [0.2, 0.25) is 0 Å². The molecule has 0 saturated heterocycles. The van der Waals surface area contributed by atoms with E-state index in [1.807, 2.05) is 30.3 Å². The summed E-state index contributed by atoms with van der Waals surface area (Å²) in [5.74, 6) is 0.332. The van der Waals surface area contributed by atoms with Gasteiger partial charge in [0.1, 0.15) is 0 Å². The molecule has 4 rings (SSSR count). The van der Waals surface area contributed by atoms with Gasteiger partial charge >= 0.3 is 0 Å². The Kier molecular flexibility index (Phi) is 6.34. The first-order chi connectivity index (χ1) is 15.1. The Morgan fingerprint density at radius 3 is 2.65 bits per heavy atom. The van der Waals surface area contributed by atoms with Crippen LogP contribution in [0.1, 0.15) is 11.5 Å². The number of non-ortho nitro benzene ring substituents is 1. The predicted octanol–water partition coefficient (Wildman–Crippen LogP) is 4.42. The number of amides is 1. The Morgan fingerprint density at radius 1 is 1.13 bits per heavy atom. The van der Waals surface area contributed by atoms with Crippen molar-refractivity contribution < 1.29 is 14.1 Å². The molecule has 0 saturated carbocycles. The first-order valence-electron chi connectivity index (χ1n) is 9.06. The molecule has 156 valence electrons. The van der Waals surface area contributed by atoms with E-state index in [1.165, 1.54) is 23.5 Å². The van der Waals surface area contributed by atoms with Crippen LogP contribution in [0, 0.1) is 10.1 Å². The van der Waals surface area contributed by atoms with Gasteiger partial charge in [0.2, 0.25) is 11.8 Å². The summed E-state index contributed by atoms with van der Waals surface area (Å²) in [6.45, 7) is 0. The predicted molar refractivity (Wildman–Crippen MR) is 117 cm³/mol. The zero-order chi connectivity index (χ0) is 21.6. The minimum absolute atomic E-state index is 0.0116. The summed E-state index contributed by atoms with van der Waals surface area (Å²) in [7, 11) is 0. The SMILES string of the molecule is O=C(CSc1nnc(Cc2ccccc2)o1)Nc1nc(-c2ccc([N+](=O)[O-])cc2)cs1. The number of nitrogens with zero attached hydrogens (tertiary/aromatic N) is 4. The minimum atomic E-state index is -0.456. The molecule has 0 fully saturated rings. The molecule has 0 aliphatic rings. The molecular weight excluding hydrogens is 438 g/mol. The molecule has 0 atom stereocenters. The number of thiazole rings is 1. The third-order valence-corrected chi connectivity index (χ3v) is 5.67. The van der Waals surface area contributed by atoms with Crippen molar-refractivity contribution in [1.29, 1.82) is 0 Å². The summed E-state index contributed by atoms with van der Waals surface area (Å²) in [6.07, 6.45) is 0.533. The van der Waals surface area contributed by atoms with Gasteiger partial charge in [-0.1, -0.05) is 42.1 Å². The van der Waals surface area contributed by atoms with Gasteiger partial charge in [-0.15, -0.1) is 21.5 Å². The number of carbonyl (C=O) groups is 1. The van der Waals surface area contributed by atoms with Crippen LogP contribution in [-0.2, 0) is 11.2 Å². The van der Waals surface area contributed by atoms with Crippen LogP contribution in [-0.4, -0.2) is 31.8 Å². The van der Waals surface area contributed by atoms with Crippen LogP contribution in [0.25, 0.3) is 11.3 Å². The number of nitro benzene ring substituents is 1. The number of benzene rings is 2. The zero-order valence-corrected chi connectivity index (χ0v) is 17.6. The van der Waals surface area contributed by atoms with Gasteiger partial charge in [-0.2, -0.15) is 0 Å². The second kappa shape index (κ2) is 9.49. The quantitative estimate of drug-likeness (QED) is 0.236. The van der Waals surface area contributed by atoms with Crippen LogP contribution in [0.3, 0.4) is 0 Å². The number of thioether (sulfide) groups is 1. The van der Waals surface area contributed by atoms with E-state index in [-0.39, 0.29) is 17.3 Å². The van der Waals surface area contributed by atoms with Crippen molar-refractivity contribution in [3.05, 3.63) is 81.5 Å². The van der Waals surface area contributed by atoms with E-state index in [0.29, 0.717) is 28.4 Å². The Balaban J connectivity index is 1.29. The van der Waals surface area contributed by atoms with Crippen molar-refractivity contribution in [2.75, 3.05) is 11.1 Å². The first kappa shape index (κ1) is 20.7. The third-order valence-electron chi connectivity index (χ3n) is 4.10. The molecular formula is C20H15N5O4S2. The Hall–Kier alpha value is -3.57. The third kappa shape index (κ3) is 5.53. The van der Waals surface area contributed by atoms with Crippen LogP contribution in [0.4, 0.5) is 10.8 Å². The molecule has 2 aromatic carbocycles. The zero-order valence-electron chi connectivity index (χ0n) is 15.9. The second-order valence-corrected chi connectivity index (χ2v) is 8.09. The number of nitrogens with one attached hydrogen (secondary N) is 1. The smallest absolute Gasteiger partial charge is 0.277 e. The highest BCUT2D eigenvalue weighted by Crippen LogP contribution is 2.27. The molecule has 1 N–H and O–H groups in total. The van der Waals surface area contributed by atoms with Gasteiger partial charge in [-0.25, -0.2) is 4.98 Å². The molecule has 9 nitrogen and oxygen atoms in total. The number of nitro groups is 1. The second-order valence-electron chi connectivity index (χ2n) is 6.30. The first-order valence-corrected chi connectivity index (χ1v) is 10.9. The normalized spacial score (nSPS) is 10.7. The fourth-order valence-electron chi connectivity index (χ4n) is 2.64. The summed E-state index contributed by atoms with van der Waals surface area (Å²) < 4.78 is 5.58. The lowest BCUT2D eigenvalue weighted by molar-refractivity contribution is -0.384. The molecule has 4 aromatic rings. The largest absolute Gasteiger partial charge is 0.416 e. The number of aromatic nitrogens is 3. The van der Waals surface area contributed by atoms with Crippen molar-refractivity contribution in [2.45, 2.75) is 11.6 Å². The van der Waals surface area contributed by atoms with Gasteiger partial charge in [0.05, 0.1) is 22.8 Å².